The predicted molar refractivity (Wildman–Crippen MR) is 78.0 cm³/mol. The van der Waals surface area contributed by atoms with Crippen LogP contribution in [-0.4, -0.2) is 38.1 Å². The van der Waals surface area contributed by atoms with Gasteiger partial charge in [-0.1, -0.05) is 6.07 Å². The van der Waals surface area contributed by atoms with Gasteiger partial charge in [-0.05, 0) is 56.6 Å². The fourth-order valence-corrected chi connectivity index (χ4v) is 2.78. The molecule has 1 aromatic rings. The Kier molecular flexibility index (Phi) is 4.25. The van der Waals surface area contributed by atoms with E-state index in [0.717, 1.165) is 6.54 Å². The number of likely N-dealkylation sites (N-methyl/N-ethyl adjacent to an activating group) is 2. The van der Waals surface area contributed by atoms with E-state index in [9.17, 15) is 0 Å². The van der Waals surface area contributed by atoms with Crippen LogP contribution < -0.4 is 10.6 Å². The summed E-state index contributed by atoms with van der Waals surface area (Å²) in [7, 11) is 4.41. The van der Waals surface area contributed by atoms with Crippen LogP contribution >= 0.6 is 0 Å². The summed E-state index contributed by atoms with van der Waals surface area (Å²) >= 11 is 0. The molecule has 18 heavy (non-hydrogen) atoms. The van der Waals surface area contributed by atoms with E-state index >= 15 is 0 Å². The molecule has 1 unspecified atom stereocenters. The lowest BCUT2D eigenvalue weighted by Gasteiger charge is -2.27. The highest BCUT2D eigenvalue weighted by molar-refractivity contribution is 5.50. The maximum absolute atomic E-state index is 5.71. The van der Waals surface area contributed by atoms with Crippen LogP contribution in [-0.2, 0) is 6.54 Å². The zero-order valence-electron chi connectivity index (χ0n) is 11.8. The van der Waals surface area contributed by atoms with Crippen molar-refractivity contribution >= 4 is 5.69 Å². The number of benzene rings is 1. The second-order valence-electron chi connectivity index (χ2n) is 5.47. The average Bonchev–Trinajstić information content (AvgIpc) is 2.75. The first-order valence-electron chi connectivity index (χ1n) is 6.83. The molecule has 0 spiro atoms. The molecule has 1 aromatic carbocycles. The van der Waals surface area contributed by atoms with Crippen molar-refractivity contribution in [3.8, 4) is 0 Å². The van der Waals surface area contributed by atoms with Gasteiger partial charge in [0.05, 0.1) is 0 Å². The summed E-state index contributed by atoms with van der Waals surface area (Å²) < 4.78 is 0. The van der Waals surface area contributed by atoms with Crippen molar-refractivity contribution in [2.45, 2.75) is 32.4 Å². The minimum atomic E-state index is 0.626. The van der Waals surface area contributed by atoms with E-state index in [1.165, 1.54) is 36.2 Å². The molecular weight excluding hydrogens is 222 g/mol. The van der Waals surface area contributed by atoms with Crippen molar-refractivity contribution < 1.29 is 0 Å². The first kappa shape index (κ1) is 13.4. The van der Waals surface area contributed by atoms with Gasteiger partial charge >= 0.3 is 0 Å². The van der Waals surface area contributed by atoms with E-state index < -0.39 is 0 Å². The molecule has 0 bridgehead atoms. The molecule has 0 amide bonds. The smallest absolute Gasteiger partial charge is 0.0367 e. The second kappa shape index (κ2) is 5.72. The summed E-state index contributed by atoms with van der Waals surface area (Å²) in [6.45, 7) is 5.12. The van der Waals surface area contributed by atoms with Gasteiger partial charge in [0.15, 0.2) is 0 Å². The number of rotatable bonds is 4. The topological polar surface area (TPSA) is 32.5 Å². The summed E-state index contributed by atoms with van der Waals surface area (Å²) in [5.41, 5.74) is 9.54. The lowest BCUT2D eigenvalue weighted by molar-refractivity contribution is 0.314. The van der Waals surface area contributed by atoms with E-state index in [1.54, 1.807) is 0 Å². The van der Waals surface area contributed by atoms with Gasteiger partial charge in [0.2, 0.25) is 0 Å². The van der Waals surface area contributed by atoms with Crippen LogP contribution in [0.4, 0.5) is 5.69 Å². The van der Waals surface area contributed by atoms with Gasteiger partial charge < -0.3 is 15.5 Å². The molecule has 1 fully saturated rings. The maximum Gasteiger partial charge on any atom is 0.0367 e. The Morgan fingerprint density at radius 3 is 2.78 bits per heavy atom. The van der Waals surface area contributed by atoms with E-state index in [0.29, 0.717) is 12.6 Å². The van der Waals surface area contributed by atoms with Crippen molar-refractivity contribution in [1.82, 2.24) is 4.90 Å². The van der Waals surface area contributed by atoms with E-state index in [4.69, 9.17) is 5.73 Å². The molecule has 1 aliphatic heterocycles. The minimum absolute atomic E-state index is 0.626. The molecule has 3 heteroatoms. The summed E-state index contributed by atoms with van der Waals surface area (Å²) in [5, 5.41) is 0. The average molecular weight is 247 g/mol. The van der Waals surface area contributed by atoms with Crippen LogP contribution in [0.15, 0.2) is 18.2 Å². The Balaban J connectivity index is 2.04. The first-order chi connectivity index (χ1) is 8.61. The lowest BCUT2D eigenvalue weighted by atomic mass is 10.1. The molecule has 1 saturated heterocycles. The Bertz CT molecular complexity index is 403. The molecule has 2 N–H and O–H groups in total. The van der Waals surface area contributed by atoms with Crippen LogP contribution in [0.3, 0.4) is 0 Å². The van der Waals surface area contributed by atoms with Crippen molar-refractivity contribution in [2.75, 3.05) is 32.1 Å². The molecular formula is C15H25N3. The highest BCUT2D eigenvalue weighted by atomic mass is 15.2. The van der Waals surface area contributed by atoms with Gasteiger partial charge in [-0.2, -0.15) is 0 Å². The van der Waals surface area contributed by atoms with Gasteiger partial charge in [-0.25, -0.2) is 0 Å². The Labute approximate surface area is 111 Å². The zero-order chi connectivity index (χ0) is 13.1. The van der Waals surface area contributed by atoms with Gasteiger partial charge in [-0.3, -0.25) is 0 Å². The molecule has 1 atom stereocenters. The minimum Gasteiger partial charge on any atom is -0.373 e. The summed E-state index contributed by atoms with van der Waals surface area (Å²) in [5.74, 6) is 0. The molecule has 0 radical (unpaired) electrons. The van der Waals surface area contributed by atoms with Crippen LogP contribution in [0.1, 0.15) is 24.0 Å². The molecule has 0 saturated carbocycles. The Morgan fingerprint density at radius 1 is 1.44 bits per heavy atom. The normalized spacial score (nSPS) is 20.3. The van der Waals surface area contributed by atoms with Gasteiger partial charge in [0.1, 0.15) is 0 Å². The molecule has 0 aromatic heterocycles. The molecule has 3 nitrogen and oxygen atoms in total. The third kappa shape index (κ3) is 2.85. The van der Waals surface area contributed by atoms with Crippen LogP contribution in [0.5, 0.6) is 0 Å². The molecule has 100 valence electrons. The van der Waals surface area contributed by atoms with E-state index in [-0.39, 0.29) is 0 Å². The fourth-order valence-electron chi connectivity index (χ4n) is 2.78. The van der Waals surface area contributed by atoms with Crippen molar-refractivity contribution in [1.29, 1.82) is 0 Å². The van der Waals surface area contributed by atoms with Crippen molar-refractivity contribution in [3.05, 3.63) is 29.3 Å². The Morgan fingerprint density at radius 2 is 2.22 bits per heavy atom. The first-order valence-corrected chi connectivity index (χ1v) is 6.83. The highest BCUT2D eigenvalue weighted by Crippen LogP contribution is 2.21. The fraction of sp³-hybridized carbons (Fsp3) is 0.600. The number of nitrogens with two attached hydrogens (primary N) is 1. The van der Waals surface area contributed by atoms with Crippen molar-refractivity contribution in [2.24, 2.45) is 5.73 Å². The number of hydrogen-bond donors (Lipinski definition) is 1. The van der Waals surface area contributed by atoms with Crippen LogP contribution in [0.25, 0.3) is 0 Å². The van der Waals surface area contributed by atoms with Gasteiger partial charge in [-0.15, -0.1) is 0 Å². The largest absolute Gasteiger partial charge is 0.373 e. The molecule has 0 aliphatic carbocycles. The van der Waals surface area contributed by atoms with Gasteiger partial charge in [0.25, 0.3) is 0 Å². The number of aryl methyl sites for hydroxylation is 1. The number of nitrogens with zero attached hydrogens (tertiary/aromatic N) is 2. The Hall–Kier alpha value is -1.06. The predicted octanol–water partition coefficient (Wildman–Crippen LogP) is 1.98. The SMILES string of the molecule is Cc1cc(N(C)CC2CCCN2C)ccc1CN. The maximum atomic E-state index is 5.71. The van der Waals surface area contributed by atoms with E-state index in [2.05, 4.69) is 49.0 Å². The van der Waals surface area contributed by atoms with Gasteiger partial charge in [0, 0.05) is 31.9 Å². The summed E-state index contributed by atoms with van der Waals surface area (Å²) in [6.07, 6.45) is 2.65. The molecule has 1 heterocycles. The number of hydrogen-bond acceptors (Lipinski definition) is 3. The second-order valence-corrected chi connectivity index (χ2v) is 5.47. The molecule has 2 rings (SSSR count). The number of likely N-dealkylation sites (tertiary alicyclic amines) is 1. The quantitative estimate of drug-likeness (QED) is 0.883. The lowest BCUT2D eigenvalue weighted by Crippen LogP contribution is -2.36. The van der Waals surface area contributed by atoms with Crippen molar-refractivity contribution in [3.63, 3.8) is 0 Å². The third-order valence-electron chi connectivity index (χ3n) is 4.14. The highest BCUT2D eigenvalue weighted by Gasteiger charge is 2.22. The molecule has 1 aliphatic rings. The summed E-state index contributed by atoms with van der Waals surface area (Å²) in [6, 6.07) is 7.28. The third-order valence-corrected chi connectivity index (χ3v) is 4.14. The van der Waals surface area contributed by atoms with Crippen LogP contribution in [0, 0.1) is 6.92 Å². The number of anilines is 1. The van der Waals surface area contributed by atoms with E-state index in [1.807, 2.05) is 0 Å². The standard InChI is InChI=1S/C15H25N3/c1-12-9-14(7-6-13(12)10-16)18(3)11-15-5-4-8-17(15)2/h6-7,9,15H,4-5,8,10-11,16H2,1-3H3. The zero-order valence-corrected chi connectivity index (χ0v) is 11.8. The van der Waals surface area contributed by atoms with Crippen LogP contribution in [0.2, 0.25) is 0 Å². The summed E-state index contributed by atoms with van der Waals surface area (Å²) in [4.78, 5) is 4.83. The monoisotopic (exact) mass is 247 g/mol.